The zero-order valence-electron chi connectivity index (χ0n) is 15.9. The average Bonchev–Trinajstić information content (AvgIpc) is 2.87. The molecule has 1 saturated heterocycles. The Morgan fingerprint density at radius 3 is 2.07 bits per heavy atom. The molecule has 2 aromatic rings. The second-order valence-electron chi connectivity index (χ2n) is 7.93. The zero-order valence-corrected chi connectivity index (χ0v) is 15.9. The molecule has 1 heterocycles. The van der Waals surface area contributed by atoms with E-state index in [0.29, 0.717) is 12.0 Å². The van der Waals surface area contributed by atoms with Crippen molar-refractivity contribution in [3.05, 3.63) is 71.8 Å². The minimum atomic E-state index is -1.21. The monoisotopic (exact) mass is 364 g/mol. The summed E-state index contributed by atoms with van der Waals surface area (Å²) in [6.45, 7) is 5.12. The number of carbonyl (C=O) groups excluding carboxylic acids is 3. The van der Waals surface area contributed by atoms with E-state index in [9.17, 15) is 14.4 Å². The Bertz CT molecular complexity index is 856. The van der Waals surface area contributed by atoms with Gasteiger partial charge in [0, 0.05) is 11.8 Å². The van der Waals surface area contributed by atoms with Gasteiger partial charge in [0.15, 0.2) is 11.3 Å². The molecule has 5 heteroatoms. The highest BCUT2D eigenvalue weighted by atomic mass is 16.2. The smallest absolute Gasteiger partial charge is 0.319 e. The van der Waals surface area contributed by atoms with Crippen LogP contribution >= 0.6 is 0 Å². The lowest BCUT2D eigenvalue weighted by Crippen LogP contribution is -2.46. The number of hydrogen-bond acceptors (Lipinski definition) is 3. The van der Waals surface area contributed by atoms with Gasteiger partial charge in [0.25, 0.3) is 5.91 Å². The number of nitrogens with one attached hydrogen (secondary N) is 1. The van der Waals surface area contributed by atoms with E-state index in [1.807, 2.05) is 60.7 Å². The number of urea groups is 1. The van der Waals surface area contributed by atoms with Crippen LogP contribution in [0.25, 0.3) is 0 Å². The highest BCUT2D eigenvalue weighted by molar-refractivity contribution is 6.10. The fraction of sp³-hybridized carbons (Fsp3) is 0.318. The molecule has 1 atom stereocenters. The van der Waals surface area contributed by atoms with Crippen molar-refractivity contribution in [2.24, 2.45) is 5.41 Å². The summed E-state index contributed by atoms with van der Waals surface area (Å²) in [6.07, 6.45) is 0.322. The second kappa shape index (κ2) is 6.99. The van der Waals surface area contributed by atoms with Crippen molar-refractivity contribution in [3.63, 3.8) is 0 Å². The molecule has 0 saturated carbocycles. The number of ketones is 1. The van der Waals surface area contributed by atoms with Crippen LogP contribution in [-0.2, 0) is 21.5 Å². The number of carbonyl (C=O) groups is 3. The number of imide groups is 1. The predicted octanol–water partition coefficient (Wildman–Crippen LogP) is 3.29. The molecule has 0 spiro atoms. The summed E-state index contributed by atoms with van der Waals surface area (Å²) in [6, 6.07) is 18.2. The Labute approximate surface area is 159 Å². The molecule has 0 bridgehead atoms. The topological polar surface area (TPSA) is 66.5 Å². The normalized spacial score (nSPS) is 19.9. The van der Waals surface area contributed by atoms with Crippen molar-refractivity contribution in [1.29, 1.82) is 0 Å². The first-order valence-corrected chi connectivity index (χ1v) is 9.01. The Hall–Kier alpha value is -2.95. The molecule has 27 heavy (non-hydrogen) atoms. The summed E-state index contributed by atoms with van der Waals surface area (Å²) in [7, 11) is 0. The van der Waals surface area contributed by atoms with Crippen LogP contribution in [0.2, 0.25) is 0 Å². The van der Waals surface area contributed by atoms with Crippen molar-refractivity contribution in [3.8, 4) is 0 Å². The molecular formula is C22H24N2O3. The standard InChI is InChI=1S/C22H24N2O3/c1-21(2,3)18(25)15-24-19(26)22(23-20(24)27,17-12-8-5-9-13-17)14-16-10-6-4-7-11-16/h4-13H,14-15H2,1-3H3,(H,23,27). The first-order valence-electron chi connectivity index (χ1n) is 9.01. The van der Waals surface area contributed by atoms with Crippen molar-refractivity contribution >= 4 is 17.7 Å². The number of amides is 3. The van der Waals surface area contributed by atoms with Crippen LogP contribution in [0.3, 0.4) is 0 Å². The van der Waals surface area contributed by atoms with Crippen LogP contribution in [-0.4, -0.2) is 29.2 Å². The largest absolute Gasteiger partial charge is 0.325 e. The van der Waals surface area contributed by atoms with E-state index in [1.54, 1.807) is 20.8 Å². The molecule has 1 unspecified atom stereocenters. The highest BCUT2D eigenvalue weighted by Gasteiger charge is 2.53. The lowest BCUT2D eigenvalue weighted by molar-refractivity contribution is -0.136. The quantitative estimate of drug-likeness (QED) is 0.828. The average molecular weight is 364 g/mol. The maximum absolute atomic E-state index is 13.4. The SMILES string of the molecule is CC(C)(C)C(=O)CN1C(=O)NC(Cc2ccccc2)(c2ccccc2)C1=O. The molecule has 1 aliphatic rings. The molecule has 0 aromatic heterocycles. The Balaban J connectivity index is 2.00. The Morgan fingerprint density at radius 1 is 0.963 bits per heavy atom. The Morgan fingerprint density at radius 2 is 1.52 bits per heavy atom. The number of nitrogens with zero attached hydrogens (tertiary/aromatic N) is 1. The van der Waals surface area contributed by atoms with Gasteiger partial charge in [0.2, 0.25) is 0 Å². The van der Waals surface area contributed by atoms with Gasteiger partial charge < -0.3 is 5.32 Å². The van der Waals surface area contributed by atoms with Crippen LogP contribution in [0.4, 0.5) is 4.79 Å². The van der Waals surface area contributed by atoms with E-state index in [4.69, 9.17) is 0 Å². The first-order chi connectivity index (χ1) is 12.7. The molecule has 2 aromatic carbocycles. The van der Waals surface area contributed by atoms with E-state index < -0.39 is 17.0 Å². The maximum atomic E-state index is 13.4. The zero-order chi connectivity index (χ0) is 19.7. The van der Waals surface area contributed by atoms with Gasteiger partial charge in [-0.2, -0.15) is 0 Å². The summed E-state index contributed by atoms with van der Waals surface area (Å²) in [5.41, 5.74) is -0.201. The lowest BCUT2D eigenvalue weighted by atomic mass is 9.83. The van der Waals surface area contributed by atoms with Crippen molar-refractivity contribution < 1.29 is 14.4 Å². The van der Waals surface area contributed by atoms with E-state index in [2.05, 4.69) is 5.32 Å². The van der Waals surface area contributed by atoms with Crippen molar-refractivity contribution in [2.75, 3.05) is 6.54 Å². The van der Waals surface area contributed by atoms with E-state index in [-0.39, 0.29) is 18.2 Å². The minimum absolute atomic E-state index is 0.158. The van der Waals surface area contributed by atoms with Gasteiger partial charge in [0.05, 0.1) is 6.54 Å². The van der Waals surface area contributed by atoms with Crippen LogP contribution in [0, 0.1) is 5.41 Å². The van der Waals surface area contributed by atoms with Gasteiger partial charge in [-0.15, -0.1) is 0 Å². The maximum Gasteiger partial charge on any atom is 0.325 e. The minimum Gasteiger partial charge on any atom is -0.319 e. The highest BCUT2D eigenvalue weighted by Crippen LogP contribution is 2.33. The number of Topliss-reactive ketones (excluding diaryl/α,β-unsaturated/α-hetero) is 1. The van der Waals surface area contributed by atoms with Crippen LogP contribution in [0.15, 0.2) is 60.7 Å². The van der Waals surface area contributed by atoms with E-state index >= 15 is 0 Å². The molecule has 3 amide bonds. The lowest BCUT2D eigenvalue weighted by Gasteiger charge is -2.28. The molecular weight excluding hydrogens is 340 g/mol. The van der Waals surface area contributed by atoms with Gasteiger partial charge in [-0.1, -0.05) is 81.4 Å². The molecule has 1 aliphatic heterocycles. The molecule has 0 aliphatic carbocycles. The fourth-order valence-corrected chi connectivity index (χ4v) is 3.19. The first kappa shape index (κ1) is 18.8. The third kappa shape index (κ3) is 3.63. The third-order valence-electron chi connectivity index (χ3n) is 4.89. The molecule has 1 N–H and O–H groups in total. The van der Waals surface area contributed by atoms with Gasteiger partial charge >= 0.3 is 6.03 Å². The molecule has 3 rings (SSSR count). The van der Waals surface area contributed by atoms with Gasteiger partial charge in [-0.25, -0.2) is 4.79 Å². The number of rotatable bonds is 5. The second-order valence-corrected chi connectivity index (χ2v) is 7.93. The molecule has 1 fully saturated rings. The van der Waals surface area contributed by atoms with Gasteiger partial charge in [-0.3, -0.25) is 14.5 Å². The summed E-state index contributed by atoms with van der Waals surface area (Å²) in [5, 5.41) is 2.87. The van der Waals surface area contributed by atoms with Crippen molar-refractivity contribution in [2.45, 2.75) is 32.7 Å². The number of hydrogen-bond donors (Lipinski definition) is 1. The van der Waals surface area contributed by atoms with Gasteiger partial charge in [0.1, 0.15) is 0 Å². The van der Waals surface area contributed by atoms with Crippen LogP contribution < -0.4 is 5.32 Å². The summed E-state index contributed by atoms with van der Waals surface area (Å²) >= 11 is 0. The molecule has 5 nitrogen and oxygen atoms in total. The summed E-state index contributed by atoms with van der Waals surface area (Å²) in [5.74, 6) is -0.547. The predicted molar refractivity (Wildman–Crippen MR) is 103 cm³/mol. The van der Waals surface area contributed by atoms with E-state index in [0.717, 1.165) is 10.5 Å². The molecule has 0 radical (unpaired) electrons. The van der Waals surface area contributed by atoms with Crippen LogP contribution in [0.1, 0.15) is 31.9 Å². The van der Waals surface area contributed by atoms with Crippen molar-refractivity contribution in [1.82, 2.24) is 10.2 Å². The fourth-order valence-electron chi connectivity index (χ4n) is 3.19. The number of benzene rings is 2. The Kier molecular flexibility index (Phi) is 4.87. The summed E-state index contributed by atoms with van der Waals surface area (Å²) < 4.78 is 0. The molecule has 140 valence electrons. The third-order valence-corrected chi connectivity index (χ3v) is 4.89. The summed E-state index contributed by atoms with van der Waals surface area (Å²) in [4.78, 5) is 39.6. The van der Waals surface area contributed by atoms with E-state index in [1.165, 1.54) is 0 Å². The van der Waals surface area contributed by atoms with Crippen LogP contribution in [0.5, 0.6) is 0 Å². The van der Waals surface area contributed by atoms with Gasteiger partial charge in [-0.05, 0) is 11.1 Å².